The van der Waals surface area contributed by atoms with Gasteiger partial charge in [-0.25, -0.2) is 0 Å². The molecule has 3 N–H and O–H groups in total. The smallest absolute Gasteiger partial charge is 0.239 e. The zero-order chi connectivity index (χ0) is 19.4. The average Bonchev–Trinajstić information content (AvgIpc) is 3.17. The van der Waals surface area contributed by atoms with Crippen LogP contribution in [0.5, 0.6) is 0 Å². The van der Waals surface area contributed by atoms with Crippen LogP contribution < -0.4 is 10.8 Å². The Morgan fingerprint density at radius 2 is 1.74 bits per heavy atom. The molecule has 0 radical (unpaired) electrons. The van der Waals surface area contributed by atoms with Gasteiger partial charge in [-0.3, -0.25) is 9.63 Å². The first-order valence-corrected chi connectivity index (χ1v) is 10.0. The molecule has 0 aromatic rings. The van der Waals surface area contributed by atoms with Crippen LogP contribution in [0.25, 0.3) is 0 Å². The Kier molecular flexibility index (Phi) is 7.47. The predicted molar refractivity (Wildman–Crippen MR) is 97.9 cm³/mol. The number of rotatable bonds is 6. The van der Waals surface area contributed by atoms with Crippen LogP contribution in [-0.4, -0.2) is 74.9 Å². The van der Waals surface area contributed by atoms with Gasteiger partial charge in [0.25, 0.3) is 0 Å². The largest absolute Gasteiger partial charge is 0.393 e. The van der Waals surface area contributed by atoms with E-state index in [-0.39, 0.29) is 48.5 Å². The van der Waals surface area contributed by atoms with Crippen LogP contribution in [0.4, 0.5) is 0 Å². The zero-order valence-corrected chi connectivity index (χ0v) is 16.6. The van der Waals surface area contributed by atoms with Gasteiger partial charge in [-0.1, -0.05) is 6.42 Å². The van der Waals surface area contributed by atoms with Gasteiger partial charge in [-0.15, -0.1) is 0 Å². The van der Waals surface area contributed by atoms with Crippen LogP contribution in [0.15, 0.2) is 0 Å². The van der Waals surface area contributed by atoms with E-state index in [4.69, 9.17) is 19.0 Å². The lowest BCUT2D eigenvalue weighted by molar-refractivity contribution is -0.140. The lowest BCUT2D eigenvalue weighted by atomic mass is 9.82. The van der Waals surface area contributed by atoms with E-state index in [1.807, 2.05) is 0 Å². The minimum absolute atomic E-state index is 0.0154. The fourth-order valence-electron chi connectivity index (χ4n) is 4.83. The molecule has 0 bridgehead atoms. The minimum atomic E-state index is -0.365. The highest BCUT2D eigenvalue weighted by atomic mass is 16.7. The first kappa shape index (κ1) is 21.0. The van der Waals surface area contributed by atoms with Crippen molar-refractivity contribution >= 4 is 5.91 Å². The van der Waals surface area contributed by atoms with Gasteiger partial charge in [0.05, 0.1) is 24.4 Å². The summed E-state index contributed by atoms with van der Waals surface area (Å²) < 4.78 is 16.6. The van der Waals surface area contributed by atoms with E-state index in [2.05, 4.69) is 10.8 Å². The van der Waals surface area contributed by atoms with Gasteiger partial charge in [0.15, 0.2) is 0 Å². The van der Waals surface area contributed by atoms with Gasteiger partial charge >= 0.3 is 0 Å². The number of hydroxylamine groups is 1. The SMILES string of the molecule is COC1CC(NC(=O)C2CC(C3CCCC(O)C3)ON2)CC(OC)C1OC. The molecule has 8 heteroatoms. The lowest BCUT2D eigenvalue weighted by Gasteiger charge is -2.40. The summed E-state index contributed by atoms with van der Waals surface area (Å²) in [6.45, 7) is 0. The van der Waals surface area contributed by atoms with Crippen molar-refractivity contribution in [2.45, 2.75) is 87.5 Å². The third-order valence-corrected chi connectivity index (χ3v) is 6.35. The summed E-state index contributed by atoms with van der Waals surface area (Å²) in [5.41, 5.74) is 2.90. The van der Waals surface area contributed by atoms with Crippen molar-refractivity contribution < 1.29 is 28.9 Å². The number of carbonyl (C=O) groups is 1. The highest BCUT2D eigenvalue weighted by Crippen LogP contribution is 2.32. The Balaban J connectivity index is 1.51. The van der Waals surface area contributed by atoms with Crippen molar-refractivity contribution in [2.24, 2.45) is 5.92 Å². The second kappa shape index (κ2) is 9.62. The van der Waals surface area contributed by atoms with Gasteiger partial charge in [0.1, 0.15) is 12.1 Å². The molecule has 3 aliphatic rings. The molecule has 0 aromatic carbocycles. The number of nitrogens with one attached hydrogen (secondary N) is 2. The lowest BCUT2D eigenvalue weighted by Crippen LogP contribution is -2.55. The third kappa shape index (κ3) is 4.99. The van der Waals surface area contributed by atoms with Crippen LogP contribution in [0.2, 0.25) is 0 Å². The molecule has 6 unspecified atom stereocenters. The van der Waals surface area contributed by atoms with Crippen molar-refractivity contribution in [1.82, 2.24) is 10.8 Å². The quantitative estimate of drug-likeness (QED) is 0.612. The van der Waals surface area contributed by atoms with Gasteiger partial charge < -0.3 is 24.6 Å². The Labute approximate surface area is 161 Å². The Bertz CT molecular complexity index is 479. The number of methoxy groups -OCH3 is 3. The van der Waals surface area contributed by atoms with Crippen LogP contribution >= 0.6 is 0 Å². The van der Waals surface area contributed by atoms with E-state index >= 15 is 0 Å². The Hall–Kier alpha value is -0.770. The van der Waals surface area contributed by atoms with Crippen molar-refractivity contribution in [1.29, 1.82) is 0 Å². The van der Waals surface area contributed by atoms with Gasteiger partial charge in [-0.05, 0) is 38.0 Å². The van der Waals surface area contributed by atoms with Crippen molar-refractivity contribution in [3.63, 3.8) is 0 Å². The van der Waals surface area contributed by atoms with E-state index in [0.717, 1.165) is 25.7 Å². The van der Waals surface area contributed by atoms with Crippen molar-refractivity contribution in [3.05, 3.63) is 0 Å². The minimum Gasteiger partial charge on any atom is -0.393 e. The maximum Gasteiger partial charge on any atom is 0.239 e. The second-order valence-electron chi connectivity index (χ2n) is 8.07. The van der Waals surface area contributed by atoms with Gasteiger partial charge in [0, 0.05) is 33.8 Å². The molecule has 3 fully saturated rings. The number of aliphatic hydroxyl groups is 1. The number of carbonyl (C=O) groups excluding carboxylic acids is 1. The summed E-state index contributed by atoms with van der Waals surface area (Å²) in [4.78, 5) is 18.4. The highest BCUT2D eigenvalue weighted by Gasteiger charge is 2.41. The first-order valence-electron chi connectivity index (χ1n) is 10.0. The van der Waals surface area contributed by atoms with E-state index in [9.17, 15) is 9.90 Å². The number of amides is 1. The summed E-state index contributed by atoms with van der Waals surface area (Å²) in [7, 11) is 4.97. The third-order valence-electron chi connectivity index (χ3n) is 6.35. The van der Waals surface area contributed by atoms with Crippen LogP contribution in [0, 0.1) is 5.92 Å². The molecule has 1 saturated heterocycles. The van der Waals surface area contributed by atoms with Crippen molar-refractivity contribution in [3.8, 4) is 0 Å². The number of aliphatic hydroxyl groups excluding tert-OH is 1. The molecular formula is C19H34N2O6. The highest BCUT2D eigenvalue weighted by molar-refractivity contribution is 5.82. The number of ether oxygens (including phenoxy) is 3. The summed E-state index contributed by atoms with van der Waals surface area (Å²) in [6.07, 6.45) is 5.06. The maximum atomic E-state index is 12.7. The Morgan fingerprint density at radius 3 is 2.33 bits per heavy atom. The molecule has 8 nitrogen and oxygen atoms in total. The normalized spacial score (nSPS) is 42.8. The number of hydrogen-bond acceptors (Lipinski definition) is 7. The fraction of sp³-hybridized carbons (Fsp3) is 0.947. The molecule has 1 aliphatic heterocycles. The summed E-state index contributed by atoms with van der Waals surface area (Å²) in [5.74, 6) is 0.256. The van der Waals surface area contributed by atoms with E-state index in [0.29, 0.717) is 25.2 Å². The van der Waals surface area contributed by atoms with E-state index in [1.54, 1.807) is 21.3 Å². The summed E-state index contributed by atoms with van der Waals surface area (Å²) in [5, 5.41) is 13.0. The average molecular weight is 386 g/mol. The van der Waals surface area contributed by atoms with Crippen LogP contribution in [0.3, 0.4) is 0 Å². The van der Waals surface area contributed by atoms with E-state index < -0.39 is 0 Å². The summed E-state index contributed by atoms with van der Waals surface area (Å²) in [6, 6.07) is -0.396. The molecule has 6 atom stereocenters. The summed E-state index contributed by atoms with van der Waals surface area (Å²) >= 11 is 0. The second-order valence-corrected chi connectivity index (χ2v) is 8.07. The molecule has 0 spiro atoms. The zero-order valence-electron chi connectivity index (χ0n) is 16.6. The maximum absolute atomic E-state index is 12.7. The number of hydrogen-bond donors (Lipinski definition) is 3. The first-order chi connectivity index (χ1) is 13.0. The molecule has 27 heavy (non-hydrogen) atoms. The molecule has 1 heterocycles. The van der Waals surface area contributed by atoms with Crippen LogP contribution in [-0.2, 0) is 23.8 Å². The van der Waals surface area contributed by atoms with E-state index in [1.165, 1.54) is 0 Å². The molecule has 156 valence electrons. The van der Waals surface area contributed by atoms with Gasteiger partial charge in [-0.2, -0.15) is 5.48 Å². The molecule has 3 rings (SSSR count). The molecule has 2 aliphatic carbocycles. The topological polar surface area (TPSA) is 98.3 Å². The molecule has 0 aromatic heterocycles. The van der Waals surface area contributed by atoms with Gasteiger partial charge in [0.2, 0.25) is 5.91 Å². The van der Waals surface area contributed by atoms with Crippen LogP contribution in [0.1, 0.15) is 44.9 Å². The monoisotopic (exact) mass is 386 g/mol. The molecule has 2 saturated carbocycles. The fourth-order valence-corrected chi connectivity index (χ4v) is 4.83. The predicted octanol–water partition coefficient (Wildman–Crippen LogP) is 0.523. The standard InChI is InChI=1S/C19H34N2O6/c1-24-16-8-12(9-17(25-2)18(16)26-3)20-19(23)14-10-15(27-21-14)11-5-4-6-13(22)7-11/h11-18,21-22H,4-10H2,1-3H3,(H,20,23). The molecular weight excluding hydrogens is 352 g/mol. The van der Waals surface area contributed by atoms with Crippen molar-refractivity contribution in [2.75, 3.05) is 21.3 Å². The Morgan fingerprint density at radius 1 is 1.04 bits per heavy atom. The molecule has 1 amide bonds.